The Morgan fingerprint density at radius 3 is 3.00 bits per heavy atom. The van der Waals surface area contributed by atoms with Crippen LogP contribution in [0.3, 0.4) is 0 Å². The molecule has 0 aliphatic rings. The van der Waals surface area contributed by atoms with Crippen LogP contribution < -0.4 is 0 Å². The molecular weight excluding hydrogens is 176 g/mol. The van der Waals surface area contributed by atoms with Crippen molar-refractivity contribution in [2.45, 2.75) is 20.5 Å². The molecule has 0 amide bonds. The second-order valence-electron chi connectivity index (χ2n) is 2.95. The third kappa shape index (κ3) is 3.39. The molecule has 3 nitrogen and oxygen atoms in total. The molecule has 0 spiro atoms. The van der Waals surface area contributed by atoms with Gasteiger partial charge in [0.2, 0.25) is 0 Å². The van der Waals surface area contributed by atoms with Gasteiger partial charge in [-0.05, 0) is 19.9 Å². The fourth-order valence-electron chi connectivity index (χ4n) is 0.987. The number of hydrogen-bond donors (Lipinski definition) is 0. The molecule has 0 fully saturated rings. The average Bonchev–Trinajstić information content (AvgIpc) is 2.15. The average molecular weight is 190 g/mol. The molecule has 0 bridgehead atoms. The Morgan fingerprint density at radius 1 is 1.57 bits per heavy atom. The molecule has 0 atom stereocenters. The molecule has 0 unspecified atom stereocenters. The number of aryl methyl sites for hydroxylation is 1. The third-order valence-corrected chi connectivity index (χ3v) is 1.61. The van der Waals surface area contributed by atoms with Gasteiger partial charge in [-0.15, -0.1) is 0 Å². The number of allylic oxidation sites excluding steroid dienone is 3. The van der Waals surface area contributed by atoms with E-state index in [0.29, 0.717) is 6.61 Å². The quantitative estimate of drug-likeness (QED) is 0.540. The summed E-state index contributed by atoms with van der Waals surface area (Å²) in [6.45, 7) is 7.82. The highest BCUT2D eigenvalue weighted by atomic mass is 16.5. The largest absolute Gasteiger partial charge is 0.492 e. The summed E-state index contributed by atoms with van der Waals surface area (Å²) in [4.78, 5) is 8.29. The molecule has 0 saturated carbocycles. The van der Waals surface area contributed by atoms with Gasteiger partial charge >= 0.3 is 0 Å². The van der Waals surface area contributed by atoms with E-state index in [1.807, 2.05) is 19.9 Å². The highest BCUT2D eigenvalue weighted by Crippen LogP contribution is 2.02. The zero-order valence-electron chi connectivity index (χ0n) is 8.53. The van der Waals surface area contributed by atoms with E-state index < -0.39 is 0 Å². The number of nitrogens with zero attached hydrogens (tertiary/aromatic N) is 2. The highest BCUT2D eigenvalue weighted by molar-refractivity contribution is 5.04. The van der Waals surface area contributed by atoms with Crippen LogP contribution in [0.2, 0.25) is 0 Å². The summed E-state index contributed by atoms with van der Waals surface area (Å²) in [7, 11) is 0. The molecule has 0 saturated heterocycles. The first-order valence-corrected chi connectivity index (χ1v) is 4.42. The third-order valence-electron chi connectivity index (χ3n) is 1.61. The second kappa shape index (κ2) is 5.17. The van der Waals surface area contributed by atoms with Crippen LogP contribution in [-0.2, 0) is 11.3 Å². The van der Waals surface area contributed by atoms with Crippen molar-refractivity contribution < 1.29 is 4.74 Å². The number of hydrogen-bond acceptors (Lipinski definition) is 3. The lowest BCUT2D eigenvalue weighted by Gasteiger charge is -2.04. The van der Waals surface area contributed by atoms with Crippen LogP contribution in [0.4, 0.5) is 0 Å². The van der Waals surface area contributed by atoms with E-state index in [1.165, 1.54) is 0 Å². The van der Waals surface area contributed by atoms with Crippen LogP contribution in [-0.4, -0.2) is 9.97 Å². The summed E-state index contributed by atoms with van der Waals surface area (Å²) < 4.78 is 5.41. The van der Waals surface area contributed by atoms with Crippen LogP contribution in [0.25, 0.3) is 0 Å². The maximum absolute atomic E-state index is 5.41. The second-order valence-corrected chi connectivity index (χ2v) is 2.95. The molecule has 0 aromatic carbocycles. The minimum atomic E-state index is 0.449. The first-order chi connectivity index (χ1) is 6.72. The summed E-state index contributed by atoms with van der Waals surface area (Å²) in [5.41, 5.74) is 1.73. The van der Waals surface area contributed by atoms with Crippen molar-refractivity contribution in [3.05, 3.63) is 48.3 Å². The van der Waals surface area contributed by atoms with Gasteiger partial charge in [-0.25, -0.2) is 0 Å². The summed E-state index contributed by atoms with van der Waals surface area (Å²) in [6.07, 6.45) is 6.92. The van der Waals surface area contributed by atoms with Crippen LogP contribution >= 0.6 is 0 Å². The number of rotatable bonds is 4. The summed E-state index contributed by atoms with van der Waals surface area (Å²) in [6, 6.07) is 0. The van der Waals surface area contributed by atoms with Gasteiger partial charge in [0.1, 0.15) is 6.61 Å². The molecule has 1 aromatic heterocycles. The van der Waals surface area contributed by atoms with Gasteiger partial charge in [-0.1, -0.05) is 12.7 Å². The van der Waals surface area contributed by atoms with Crippen molar-refractivity contribution in [2.75, 3.05) is 0 Å². The lowest BCUT2D eigenvalue weighted by atomic mass is 10.4. The molecular formula is C11H14N2O. The van der Waals surface area contributed by atoms with Gasteiger partial charge in [-0.3, -0.25) is 9.97 Å². The van der Waals surface area contributed by atoms with Crippen molar-refractivity contribution in [3.8, 4) is 0 Å². The van der Waals surface area contributed by atoms with Crippen LogP contribution in [0.5, 0.6) is 0 Å². The molecule has 0 aliphatic heterocycles. The zero-order valence-corrected chi connectivity index (χ0v) is 8.53. The molecule has 0 radical (unpaired) electrons. The van der Waals surface area contributed by atoms with Gasteiger partial charge in [-0.2, -0.15) is 0 Å². The van der Waals surface area contributed by atoms with Gasteiger partial charge in [0.05, 0.1) is 23.3 Å². The van der Waals surface area contributed by atoms with E-state index in [-0.39, 0.29) is 0 Å². The first kappa shape index (κ1) is 10.4. The minimum Gasteiger partial charge on any atom is -0.492 e. The van der Waals surface area contributed by atoms with Gasteiger partial charge < -0.3 is 4.74 Å². The van der Waals surface area contributed by atoms with Gasteiger partial charge in [0, 0.05) is 6.20 Å². The predicted octanol–water partition coefficient (Wildman–Crippen LogP) is 2.39. The molecule has 74 valence electrons. The lowest BCUT2D eigenvalue weighted by molar-refractivity contribution is 0.197. The summed E-state index contributed by atoms with van der Waals surface area (Å²) in [5, 5.41) is 0. The fraction of sp³-hybridized carbons (Fsp3) is 0.273. The SMILES string of the molecule is C=CC=C(C)OCc1cncc(C)n1. The van der Waals surface area contributed by atoms with Crippen molar-refractivity contribution >= 4 is 0 Å². The molecule has 14 heavy (non-hydrogen) atoms. The standard InChI is InChI=1S/C11H14N2O/c1-4-5-10(3)14-8-11-7-12-6-9(2)13-11/h4-7H,1,8H2,2-3H3. The van der Waals surface area contributed by atoms with Crippen molar-refractivity contribution in [1.29, 1.82) is 0 Å². The Kier molecular flexibility index (Phi) is 3.85. The van der Waals surface area contributed by atoms with E-state index in [2.05, 4.69) is 16.5 Å². The zero-order chi connectivity index (χ0) is 10.4. The van der Waals surface area contributed by atoms with Crippen molar-refractivity contribution in [1.82, 2.24) is 9.97 Å². The lowest BCUT2D eigenvalue weighted by Crippen LogP contribution is -1.96. The highest BCUT2D eigenvalue weighted by Gasteiger charge is 1.96. The van der Waals surface area contributed by atoms with E-state index in [0.717, 1.165) is 17.1 Å². The minimum absolute atomic E-state index is 0.449. The normalized spacial score (nSPS) is 11.1. The topological polar surface area (TPSA) is 35.0 Å². The Hall–Kier alpha value is -1.64. The molecule has 1 rings (SSSR count). The van der Waals surface area contributed by atoms with Crippen molar-refractivity contribution in [3.63, 3.8) is 0 Å². The van der Waals surface area contributed by atoms with Crippen LogP contribution in [0.1, 0.15) is 18.3 Å². The first-order valence-electron chi connectivity index (χ1n) is 4.42. The fourth-order valence-corrected chi connectivity index (χ4v) is 0.987. The van der Waals surface area contributed by atoms with E-state index in [1.54, 1.807) is 18.5 Å². The summed E-state index contributed by atoms with van der Waals surface area (Å²) >= 11 is 0. The Morgan fingerprint density at radius 2 is 2.36 bits per heavy atom. The van der Waals surface area contributed by atoms with Gasteiger partial charge in [0.15, 0.2) is 0 Å². The molecule has 3 heteroatoms. The summed E-state index contributed by atoms with van der Waals surface area (Å²) in [5.74, 6) is 0.823. The monoisotopic (exact) mass is 190 g/mol. The maximum atomic E-state index is 5.41. The maximum Gasteiger partial charge on any atom is 0.131 e. The van der Waals surface area contributed by atoms with E-state index in [9.17, 15) is 0 Å². The Balaban J connectivity index is 2.53. The molecule has 0 N–H and O–H groups in total. The van der Waals surface area contributed by atoms with Crippen LogP contribution in [0, 0.1) is 6.92 Å². The Labute approximate surface area is 84.2 Å². The van der Waals surface area contributed by atoms with Crippen LogP contribution in [0.15, 0.2) is 36.9 Å². The number of ether oxygens (including phenoxy) is 1. The smallest absolute Gasteiger partial charge is 0.131 e. The molecule has 1 heterocycles. The molecule has 0 aliphatic carbocycles. The number of aromatic nitrogens is 2. The van der Waals surface area contributed by atoms with Crippen molar-refractivity contribution in [2.24, 2.45) is 0 Å². The van der Waals surface area contributed by atoms with E-state index >= 15 is 0 Å². The Bertz CT molecular complexity index is 345. The van der Waals surface area contributed by atoms with E-state index in [4.69, 9.17) is 4.74 Å². The van der Waals surface area contributed by atoms with Gasteiger partial charge in [0.25, 0.3) is 0 Å². The predicted molar refractivity (Wildman–Crippen MR) is 55.5 cm³/mol. The molecule has 1 aromatic rings.